The molecule has 2 aromatic rings. The molecule has 6 nitrogen and oxygen atoms in total. The highest BCUT2D eigenvalue weighted by atomic mass is 79.9. The van der Waals surface area contributed by atoms with Crippen LogP contribution in [0.5, 0.6) is 17.2 Å². The molecule has 0 aromatic heterocycles. The van der Waals surface area contributed by atoms with Crippen LogP contribution >= 0.6 is 27.7 Å². The SMILES string of the molecule is CCOc1cc(Br)c(/C=C2/SC(=Nc3ccc(OC)cc3)N(CC)C2=O)cc1OCC. The number of methoxy groups -OCH3 is 1. The number of likely N-dealkylation sites (N-methyl/N-ethyl adjacent to an activating group) is 1. The van der Waals surface area contributed by atoms with Gasteiger partial charge >= 0.3 is 0 Å². The Bertz CT molecular complexity index is 1010. The van der Waals surface area contributed by atoms with Gasteiger partial charge in [0.2, 0.25) is 0 Å². The molecular weight excluding hydrogens is 480 g/mol. The van der Waals surface area contributed by atoms with Gasteiger partial charge in [-0.2, -0.15) is 0 Å². The molecule has 1 fully saturated rings. The monoisotopic (exact) mass is 504 g/mol. The fourth-order valence-electron chi connectivity index (χ4n) is 2.98. The molecule has 164 valence electrons. The minimum Gasteiger partial charge on any atom is -0.497 e. The van der Waals surface area contributed by atoms with Crippen LogP contribution in [0.15, 0.2) is 50.8 Å². The quantitative estimate of drug-likeness (QED) is 0.420. The third kappa shape index (κ3) is 5.43. The summed E-state index contributed by atoms with van der Waals surface area (Å²) < 4.78 is 17.4. The highest BCUT2D eigenvalue weighted by Gasteiger charge is 2.32. The summed E-state index contributed by atoms with van der Waals surface area (Å²) >= 11 is 4.94. The van der Waals surface area contributed by atoms with Gasteiger partial charge < -0.3 is 14.2 Å². The summed E-state index contributed by atoms with van der Waals surface area (Å²) in [6, 6.07) is 11.2. The van der Waals surface area contributed by atoms with Crippen LogP contribution in [-0.4, -0.2) is 42.8 Å². The molecule has 0 atom stereocenters. The van der Waals surface area contributed by atoms with E-state index in [0.717, 1.165) is 21.5 Å². The molecule has 0 bridgehead atoms. The van der Waals surface area contributed by atoms with Gasteiger partial charge in [0.25, 0.3) is 5.91 Å². The second kappa shape index (κ2) is 10.7. The molecule has 31 heavy (non-hydrogen) atoms. The van der Waals surface area contributed by atoms with Gasteiger partial charge in [-0.1, -0.05) is 15.9 Å². The number of carbonyl (C=O) groups excluding carboxylic acids is 1. The maximum absolute atomic E-state index is 13.0. The van der Waals surface area contributed by atoms with E-state index < -0.39 is 0 Å². The Morgan fingerprint density at radius 3 is 2.29 bits per heavy atom. The predicted octanol–water partition coefficient (Wildman–Crippen LogP) is 5.88. The lowest BCUT2D eigenvalue weighted by molar-refractivity contribution is -0.122. The summed E-state index contributed by atoms with van der Waals surface area (Å²) in [5, 5.41) is 0.649. The minimum absolute atomic E-state index is 0.0708. The lowest BCUT2D eigenvalue weighted by Crippen LogP contribution is -2.28. The third-order valence-electron chi connectivity index (χ3n) is 4.45. The van der Waals surface area contributed by atoms with E-state index >= 15 is 0 Å². The zero-order valence-electron chi connectivity index (χ0n) is 18.0. The van der Waals surface area contributed by atoms with E-state index in [4.69, 9.17) is 14.2 Å². The number of ether oxygens (including phenoxy) is 3. The van der Waals surface area contributed by atoms with Gasteiger partial charge in [-0.3, -0.25) is 9.69 Å². The maximum atomic E-state index is 13.0. The summed E-state index contributed by atoms with van der Waals surface area (Å²) in [5.74, 6) is 2.01. The van der Waals surface area contributed by atoms with Crippen LogP contribution in [0.3, 0.4) is 0 Å². The largest absolute Gasteiger partial charge is 0.497 e. The van der Waals surface area contributed by atoms with Crippen molar-refractivity contribution in [2.75, 3.05) is 26.9 Å². The van der Waals surface area contributed by atoms with E-state index in [1.54, 1.807) is 12.0 Å². The highest BCUT2D eigenvalue weighted by Crippen LogP contribution is 2.39. The second-order valence-corrected chi connectivity index (χ2v) is 8.30. The highest BCUT2D eigenvalue weighted by molar-refractivity contribution is 9.10. The normalized spacial score (nSPS) is 16.3. The molecule has 0 unspecified atom stereocenters. The van der Waals surface area contributed by atoms with Crippen LogP contribution in [0, 0.1) is 0 Å². The molecular formula is C23H25BrN2O4S. The Balaban J connectivity index is 1.94. The van der Waals surface area contributed by atoms with E-state index in [9.17, 15) is 4.79 Å². The van der Waals surface area contributed by atoms with Gasteiger partial charge in [0.05, 0.1) is 30.9 Å². The zero-order valence-corrected chi connectivity index (χ0v) is 20.4. The number of halogens is 1. The van der Waals surface area contributed by atoms with E-state index in [1.165, 1.54) is 11.8 Å². The molecule has 0 spiro atoms. The Labute approximate surface area is 195 Å². The lowest BCUT2D eigenvalue weighted by Gasteiger charge is -2.13. The molecule has 0 N–H and O–H groups in total. The van der Waals surface area contributed by atoms with Crippen LogP contribution in [0.25, 0.3) is 6.08 Å². The Kier molecular flexibility index (Phi) is 8.03. The molecule has 1 amide bonds. The van der Waals surface area contributed by atoms with E-state index in [1.807, 2.05) is 63.2 Å². The molecule has 1 heterocycles. The topological polar surface area (TPSA) is 60.4 Å². The fraction of sp³-hybridized carbons (Fsp3) is 0.304. The van der Waals surface area contributed by atoms with Crippen LogP contribution in [-0.2, 0) is 4.79 Å². The zero-order chi connectivity index (χ0) is 22.4. The van der Waals surface area contributed by atoms with Crippen molar-refractivity contribution in [3.8, 4) is 17.2 Å². The molecule has 3 rings (SSSR count). The number of amidine groups is 1. The van der Waals surface area contributed by atoms with Gasteiger partial charge in [0.1, 0.15) is 5.75 Å². The third-order valence-corrected chi connectivity index (χ3v) is 6.14. The van der Waals surface area contributed by atoms with Crippen molar-refractivity contribution < 1.29 is 19.0 Å². The number of aliphatic imine (C=N–C) groups is 1. The number of amides is 1. The first-order valence-electron chi connectivity index (χ1n) is 10.0. The first-order chi connectivity index (χ1) is 15.0. The van der Waals surface area contributed by atoms with Crippen molar-refractivity contribution in [2.24, 2.45) is 4.99 Å². The number of benzene rings is 2. The Hall–Kier alpha value is -2.45. The van der Waals surface area contributed by atoms with E-state index in [2.05, 4.69) is 20.9 Å². The molecule has 1 saturated heterocycles. The average molecular weight is 505 g/mol. The molecule has 0 saturated carbocycles. The van der Waals surface area contributed by atoms with Crippen LogP contribution in [0.1, 0.15) is 26.3 Å². The molecule has 1 aliphatic heterocycles. The lowest BCUT2D eigenvalue weighted by atomic mass is 10.2. The summed E-state index contributed by atoms with van der Waals surface area (Å²) in [7, 11) is 1.62. The molecule has 1 aliphatic rings. The van der Waals surface area contributed by atoms with Crippen molar-refractivity contribution >= 4 is 50.5 Å². The van der Waals surface area contributed by atoms with Gasteiger partial charge in [0, 0.05) is 11.0 Å². The van der Waals surface area contributed by atoms with E-state index in [0.29, 0.717) is 41.3 Å². The summed E-state index contributed by atoms with van der Waals surface area (Å²) in [5.41, 5.74) is 1.60. The number of nitrogens with zero attached hydrogens (tertiary/aromatic N) is 2. The van der Waals surface area contributed by atoms with Crippen LogP contribution in [0.2, 0.25) is 0 Å². The number of thioether (sulfide) groups is 1. The molecule has 0 aliphatic carbocycles. The maximum Gasteiger partial charge on any atom is 0.266 e. The van der Waals surface area contributed by atoms with Crippen molar-refractivity contribution in [1.29, 1.82) is 0 Å². The van der Waals surface area contributed by atoms with Gasteiger partial charge in [-0.05, 0) is 80.6 Å². The summed E-state index contributed by atoms with van der Waals surface area (Å²) in [4.78, 5) is 19.9. The molecule has 0 radical (unpaired) electrons. The minimum atomic E-state index is -0.0708. The first kappa shape index (κ1) is 23.2. The smallest absolute Gasteiger partial charge is 0.266 e. The first-order valence-corrected chi connectivity index (χ1v) is 11.6. The van der Waals surface area contributed by atoms with Crippen molar-refractivity contribution in [3.05, 3.63) is 51.3 Å². The van der Waals surface area contributed by atoms with Crippen molar-refractivity contribution in [1.82, 2.24) is 4.90 Å². The van der Waals surface area contributed by atoms with Crippen LogP contribution < -0.4 is 14.2 Å². The number of hydrogen-bond acceptors (Lipinski definition) is 6. The van der Waals surface area contributed by atoms with Crippen LogP contribution in [0.4, 0.5) is 5.69 Å². The fourth-order valence-corrected chi connectivity index (χ4v) is 4.47. The Morgan fingerprint density at radius 2 is 1.71 bits per heavy atom. The second-order valence-electron chi connectivity index (χ2n) is 6.44. The summed E-state index contributed by atoms with van der Waals surface area (Å²) in [6.07, 6.45) is 1.86. The Morgan fingerprint density at radius 1 is 1.06 bits per heavy atom. The average Bonchev–Trinajstić information content (AvgIpc) is 3.06. The standard InChI is InChI=1S/C23H25BrN2O4S/c1-5-26-22(27)21(31-23(26)25-16-8-10-17(28-4)11-9-16)13-15-12-19(29-6-2)20(30-7-3)14-18(15)24/h8-14H,5-7H2,1-4H3/b21-13+,25-23?. The van der Waals surface area contributed by atoms with Gasteiger partial charge in [-0.15, -0.1) is 0 Å². The number of carbonyl (C=O) groups is 1. The van der Waals surface area contributed by atoms with Gasteiger partial charge in [0.15, 0.2) is 16.7 Å². The summed E-state index contributed by atoms with van der Waals surface area (Å²) in [6.45, 7) is 7.38. The van der Waals surface area contributed by atoms with Gasteiger partial charge in [-0.25, -0.2) is 4.99 Å². The predicted molar refractivity (Wildman–Crippen MR) is 130 cm³/mol. The van der Waals surface area contributed by atoms with Crippen molar-refractivity contribution in [3.63, 3.8) is 0 Å². The molecule has 2 aromatic carbocycles. The van der Waals surface area contributed by atoms with E-state index in [-0.39, 0.29) is 5.91 Å². The number of rotatable bonds is 8. The molecule has 8 heteroatoms. The van der Waals surface area contributed by atoms with Crippen molar-refractivity contribution in [2.45, 2.75) is 20.8 Å². The number of hydrogen-bond donors (Lipinski definition) is 0.